The number of amides is 1. The number of hydrogen-bond acceptors (Lipinski definition) is 3. The molecule has 0 atom stereocenters. The number of hydrogen-bond donors (Lipinski definition) is 1. The molecule has 0 spiro atoms. The van der Waals surface area contributed by atoms with E-state index in [9.17, 15) is 4.79 Å². The molecule has 4 nitrogen and oxygen atoms in total. The van der Waals surface area contributed by atoms with Crippen molar-refractivity contribution >= 4 is 11.9 Å². The summed E-state index contributed by atoms with van der Waals surface area (Å²) in [4.78, 5) is 16.2. The molecule has 2 rings (SSSR count). The van der Waals surface area contributed by atoms with Gasteiger partial charge >= 0.3 is 5.96 Å². The number of guanidine groups is 1. The van der Waals surface area contributed by atoms with Crippen molar-refractivity contribution < 1.29 is 4.79 Å². The molecule has 0 saturated carbocycles. The van der Waals surface area contributed by atoms with E-state index in [-0.39, 0.29) is 5.91 Å². The monoisotopic (exact) mass is 123 g/mol. The molecule has 0 aromatic rings. The molecule has 1 amide bonds. The lowest BCUT2D eigenvalue weighted by molar-refractivity contribution is -0.117. The SMILES string of the molecule is O=C1C[N+]2C=CN=C2N1. The van der Waals surface area contributed by atoms with Crippen molar-refractivity contribution in [3.8, 4) is 0 Å². The number of fused-ring (bicyclic) bond motifs is 1. The summed E-state index contributed by atoms with van der Waals surface area (Å²) in [5.74, 6) is 0.665. The summed E-state index contributed by atoms with van der Waals surface area (Å²) in [6.07, 6.45) is 3.43. The molecule has 1 saturated heterocycles. The average molecular weight is 123 g/mol. The van der Waals surface area contributed by atoms with Gasteiger partial charge in [0.25, 0.3) is 5.91 Å². The maximum absolute atomic E-state index is 10.6. The lowest BCUT2D eigenvalue weighted by Crippen LogP contribution is -2.27. The van der Waals surface area contributed by atoms with Crippen LogP contribution in [-0.4, -0.2) is 18.4 Å². The van der Waals surface area contributed by atoms with Crippen LogP contribution in [0.2, 0.25) is 0 Å². The van der Waals surface area contributed by atoms with Gasteiger partial charge in [-0.25, -0.2) is 0 Å². The molecule has 1 fully saturated rings. The first-order valence-corrected chi connectivity index (χ1v) is 2.67. The Morgan fingerprint density at radius 2 is 2.67 bits per heavy atom. The number of carbonyl (C=O) groups is 1. The van der Waals surface area contributed by atoms with Gasteiger partial charge < -0.3 is 0 Å². The second kappa shape index (κ2) is 1.41. The summed E-state index contributed by atoms with van der Waals surface area (Å²) in [5, 5.41) is 2.59. The molecule has 0 aromatic carbocycles. The van der Waals surface area contributed by atoms with Crippen LogP contribution in [0.1, 0.15) is 0 Å². The van der Waals surface area contributed by atoms with Gasteiger partial charge in [-0.05, 0) is 0 Å². The van der Waals surface area contributed by atoms with Gasteiger partial charge in [-0.3, -0.25) is 10.1 Å². The molecule has 0 aliphatic carbocycles. The Labute approximate surface area is 51.9 Å². The fourth-order valence-corrected chi connectivity index (χ4v) is 0.880. The molecule has 9 heavy (non-hydrogen) atoms. The van der Waals surface area contributed by atoms with E-state index in [0.29, 0.717) is 12.5 Å². The second-order valence-electron chi connectivity index (χ2n) is 1.93. The number of nitrogens with zero attached hydrogens (tertiary/aromatic N) is 2. The number of nitrogens with one attached hydrogen (secondary N) is 1. The van der Waals surface area contributed by atoms with Gasteiger partial charge in [0.2, 0.25) is 6.54 Å². The predicted octanol–water partition coefficient (Wildman–Crippen LogP) is -0.903. The maximum Gasteiger partial charge on any atom is 0.364 e. The van der Waals surface area contributed by atoms with E-state index in [1.54, 1.807) is 17.3 Å². The number of carbonyl (C=O) groups excluding carboxylic acids is 1. The van der Waals surface area contributed by atoms with Gasteiger partial charge in [0.05, 0.1) is 6.20 Å². The van der Waals surface area contributed by atoms with E-state index in [1.165, 1.54) is 0 Å². The summed E-state index contributed by atoms with van der Waals surface area (Å²) in [7, 11) is 0. The molecule has 0 aromatic heterocycles. The number of rotatable bonds is 0. The van der Waals surface area contributed by atoms with Crippen LogP contribution in [0, 0.1) is 0 Å². The maximum atomic E-state index is 10.6. The molecular weight excluding hydrogens is 118 g/mol. The summed E-state index contributed by atoms with van der Waals surface area (Å²) in [6, 6.07) is 0. The highest BCUT2D eigenvalue weighted by atomic mass is 16.2. The first-order valence-electron chi connectivity index (χ1n) is 2.67. The van der Waals surface area contributed by atoms with Crippen molar-refractivity contribution in [2.24, 2.45) is 4.99 Å². The standard InChI is InChI=1S/C5H5N3O/c9-4-3-8-2-1-6-5(8)7-4/h1-2H,3H2,(H,6,7,9)/q+1. The zero-order valence-electron chi connectivity index (χ0n) is 4.66. The molecule has 2 heterocycles. The smallest absolute Gasteiger partial charge is 0.268 e. The van der Waals surface area contributed by atoms with Crippen LogP contribution in [0.3, 0.4) is 0 Å². The van der Waals surface area contributed by atoms with E-state index in [1.807, 2.05) is 0 Å². The quantitative estimate of drug-likeness (QED) is 0.417. The molecule has 0 unspecified atom stereocenters. The summed E-state index contributed by atoms with van der Waals surface area (Å²) < 4.78 is 0. The normalized spacial score (nSPS) is 24.0. The van der Waals surface area contributed by atoms with Gasteiger partial charge in [0.1, 0.15) is 0 Å². The highest BCUT2D eigenvalue weighted by molar-refractivity contribution is 6.07. The van der Waals surface area contributed by atoms with Gasteiger partial charge in [-0.1, -0.05) is 4.90 Å². The summed E-state index contributed by atoms with van der Waals surface area (Å²) in [5.41, 5.74) is 0. The van der Waals surface area contributed by atoms with Crippen LogP contribution in [0.25, 0.3) is 0 Å². The van der Waals surface area contributed by atoms with Crippen LogP contribution < -0.4 is 10.2 Å². The van der Waals surface area contributed by atoms with Crippen molar-refractivity contribution in [1.29, 1.82) is 0 Å². The zero-order valence-corrected chi connectivity index (χ0v) is 4.66. The van der Waals surface area contributed by atoms with E-state index in [0.717, 1.165) is 0 Å². The minimum atomic E-state index is 0.0121. The molecule has 4 heteroatoms. The Bertz CT molecular complexity index is 218. The van der Waals surface area contributed by atoms with E-state index in [2.05, 4.69) is 10.3 Å². The molecule has 1 N–H and O–H groups in total. The minimum absolute atomic E-state index is 0.0121. The Hall–Kier alpha value is -1.16. The van der Waals surface area contributed by atoms with Crippen molar-refractivity contribution in [2.75, 3.05) is 6.54 Å². The summed E-state index contributed by atoms with van der Waals surface area (Å²) in [6.45, 7) is 0.412. The van der Waals surface area contributed by atoms with Gasteiger partial charge in [-0.2, -0.15) is 4.99 Å². The van der Waals surface area contributed by atoms with Gasteiger partial charge in [0, 0.05) is 0 Å². The summed E-state index contributed by atoms with van der Waals surface area (Å²) >= 11 is 0. The first kappa shape index (κ1) is 4.69. The lowest BCUT2D eigenvalue weighted by atomic mass is 10.6. The number of aliphatic imine (C=N–C) groups is 1. The average Bonchev–Trinajstić information content (AvgIpc) is 2.22. The van der Waals surface area contributed by atoms with Crippen LogP contribution in [0.4, 0.5) is 0 Å². The Kier molecular flexibility index (Phi) is 0.738. The van der Waals surface area contributed by atoms with Crippen molar-refractivity contribution in [3.63, 3.8) is 0 Å². The molecule has 2 aliphatic heterocycles. The van der Waals surface area contributed by atoms with Crippen molar-refractivity contribution in [2.45, 2.75) is 0 Å². The highest BCUT2D eigenvalue weighted by Crippen LogP contribution is 2.01. The van der Waals surface area contributed by atoms with Crippen LogP contribution in [0.5, 0.6) is 0 Å². The van der Waals surface area contributed by atoms with Crippen molar-refractivity contribution in [3.05, 3.63) is 12.4 Å². The van der Waals surface area contributed by atoms with Crippen LogP contribution in [0.15, 0.2) is 17.4 Å². The third-order valence-corrected chi connectivity index (χ3v) is 1.28. The van der Waals surface area contributed by atoms with Crippen molar-refractivity contribution in [1.82, 2.24) is 10.2 Å². The Balaban J connectivity index is 2.30. The minimum Gasteiger partial charge on any atom is -0.268 e. The fraction of sp³-hybridized carbons (Fsp3) is 0.200. The second-order valence-corrected chi connectivity index (χ2v) is 1.93. The third kappa shape index (κ3) is 0.565. The van der Waals surface area contributed by atoms with Gasteiger partial charge in [-0.15, -0.1) is 0 Å². The predicted molar refractivity (Wildman–Crippen MR) is 31.7 cm³/mol. The first-order chi connectivity index (χ1) is 4.36. The lowest BCUT2D eigenvalue weighted by Gasteiger charge is -1.83. The van der Waals surface area contributed by atoms with E-state index >= 15 is 0 Å². The van der Waals surface area contributed by atoms with Crippen LogP contribution in [-0.2, 0) is 4.79 Å². The Morgan fingerprint density at radius 1 is 1.78 bits per heavy atom. The van der Waals surface area contributed by atoms with Gasteiger partial charge in [0.15, 0.2) is 6.20 Å². The third-order valence-electron chi connectivity index (χ3n) is 1.28. The largest absolute Gasteiger partial charge is 0.364 e. The molecule has 0 bridgehead atoms. The molecular formula is C5H5N3O+. The zero-order chi connectivity index (χ0) is 6.27. The Morgan fingerprint density at radius 3 is 3.44 bits per heavy atom. The highest BCUT2D eigenvalue weighted by Gasteiger charge is 2.37. The molecule has 2 aliphatic rings. The topological polar surface area (TPSA) is 47.4 Å². The molecule has 1 radical (unpaired) electrons. The van der Waals surface area contributed by atoms with E-state index in [4.69, 9.17) is 0 Å². The fourth-order valence-electron chi connectivity index (χ4n) is 0.880. The van der Waals surface area contributed by atoms with Crippen LogP contribution >= 0.6 is 0 Å². The molecule has 45 valence electrons. The van der Waals surface area contributed by atoms with E-state index < -0.39 is 0 Å².